The molecule has 2 aromatic rings. The Hall–Kier alpha value is -2.27. The number of hydrogen-bond acceptors (Lipinski definition) is 3. The number of carbonyl (C=O) groups is 2. The molecule has 0 aliphatic carbocycles. The summed E-state index contributed by atoms with van der Waals surface area (Å²) in [5, 5.41) is 2.86. The van der Waals surface area contributed by atoms with Crippen LogP contribution in [0.1, 0.15) is 31.4 Å². The number of hydrogen-bond donors (Lipinski definition) is 1. The predicted molar refractivity (Wildman–Crippen MR) is 112 cm³/mol. The van der Waals surface area contributed by atoms with Crippen LogP contribution in [0.2, 0.25) is 0 Å². The molecule has 2 aromatic carbocycles. The fourth-order valence-corrected chi connectivity index (χ4v) is 3.78. The molecule has 0 heterocycles. The Labute approximate surface area is 166 Å². The summed E-state index contributed by atoms with van der Waals surface area (Å²) < 4.78 is 0. The van der Waals surface area contributed by atoms with E-state index in [0.717, 1.165) is 11.3 Å². The van der Waals surface area contributed by atoms with Crippen LogP contribution < -0.4 is 5.32 Å². The van der Waals surface area contributed by atoms with Crippen LogP contribution in [0.4, 0.5) is 0 Å². The van der Waals surface area contributed by atoms with Gasteiger partial charge in [0.1, 0.15) is 6.04 Å². The zero-order valence-electron chi connectivity index (χ0n) is 16.1. The van der Waals surface area contributed by atoms with Gasteiger partial charge in [-0.3, -0.25) is 9.59 Å². The third-order valence-electron chi connectivity index (χ3n) is 4.27. The molecule has 144 valence electrons. The van der Waals surface area contributed by atoms with Gasteiger partial charge in [-0.25, -0.2) is 0 Å². The lowest BCUT2D eigenvalue weighted by Crippen LogP contribution is -2.49. The Morgan fingerprint density at radius 3 is 2.11 bits per heavy atom. The molecule has 0 saturated heterocycles. The highest BCUT2D eigenvalue weighted by atomic mass is 32.2. The largest absolute Gasteiger partial charge is 0.355 e. The number of rotatable bonds is 10. The molecule has 27 heavy (non-hydrogen) atoms. The van der Waals surface area contributed by atoms with Crippen LogP contribution in [0.5, 0.6) is 0 Å². The lowest BCUT2D eigenvalue weighted by molar-refractivity contribution is -0.139. The molecule has 1 N–H and O–H groups in total. The number of nitrogens with zero attached hydrogens (tertiary/aromatic N) is 1. The van der Waals surface area contributed by atoms with Gasteiger partial charge in [0.05, 0.1) is 5.75 Å². The molecule has 1 atom stereocenters. The first-order chi connectivity index (χ1) is 13.2. The van der Waals surface area contributed by atoms with Gasteiger partial charge in [0.2, 0.25) is 11.8 Å². The molecule has 0 spiro atoms. The fourth-order valence-electron chi connectivity index (χ4n) is 2.91. The van der Waals surface area contributed by atoms with Gasteiger partial charge in [-0.2, -0.15) is 0 Å². The molecule has 0 bridgehead atoms. The number of benzene rings is 2. The van der Waals surface area contributed by atoms with Crippen molar-refractivity contribution in [3.8, 4) is 0 Å². The second kappa shape index (κ2) is 11.4. The zero-order chi connectivity index (χ0) is 19.5. The monoisotopic (exact) mass is 384 g/mol. The molecule has 0 aromatic heterocycles. The average Bonchev–Trinajstić information content (AvgIpc) is 2.69. The average molecular weight is 385 g/mol. The van der Waals surface area contributed by atoms with Gasteiger partial charge in [0, 0.05) is 18.8 Å². The summed E-state index contributed by atoms with van der Waals surface area (Å²) in [4.78, 5) is 27.2. The van der Waals surface area contributed by atoms with Crippen molar-refractivity contribution in [2.24, 2.45) is 0 Å². The van der Waals surface area contributed by atoms with E-state index in [1.807, 2.05) is 62.4 Å². The van der Waals surface area contributed by atoms with Crippen molar-refractivity contribution in [1.82, 2.24) is 10.2 Å². The van der Waals surface area contributed by atoms with Gasteiger partial charge in [0.15, 0.2) is 0 Å². The van der Waals surface area contributed by atoms with Gasteiger partial charge in [-0.15, -0.1) is 11.8 Å². The molecule has 1 unspecified atom stereocenters. The summed E-state index contributed by atoms with van der Waals surface area (Å²) in [5.74, 6) is 1.05. The number of carbonyl (C=O) groups excluding carboxylic acids is 2. The van der Waals surface area contributed by atoms with Gasteiger partial charge in [-0.05, 0) is 24.5 Å². The Balaban J connectivity index is 2.07. The Kier molecular flexibility index (Phi) is 8.92. The van der Waals surface area contributed by atoms with Crippen molar-refractivity contribution in [2.45, 2.75) is 38.6 Å². The van der Waals surface area contributed by atoms with Crippen LogP contribution in [0.25, 0.3) is 0 Å². The lowest BCUT2D eigenvalue weighted by atomic mass is 10.1. The first-order valence-corrected chi connectivity index (χ1v) is 10.5. The third kappa shape index (κ3) is 6.75. The van der Waals surface area contributed by atoms with Gasteiger partial charge < -0.3 is 10.2 Å². The van der Waals surface area contributed by atoms with E-state index in [1.165, 1.54) is 5.56 Å². The highest BCUT2D eigenvalue weighted by molar-refractivity contribution is 7.99. The highest BCUT2D eigenvalue weighted by Crippen LogP contribution is 2.17. The molecule has 0 fully saturated rings. The SMILES string of the molecule is CCNC(=O)C(CC)N(Cc1ccccc1)C(=O)CSCc1ccccc1. The Bertz CT molecular complexity index is 707. The van der Waals surface area contributed by atoms with Gasteiger partial charge in [0.25, 0.3) is 0 Å². The molecule has 4 nitrogen and oxygen atoms in total. The number of nitrogens with one attached hydrogen (secondary N) is 1. The minimum absolute atomic E-state index is 0.00196. The molecule has 2 amide bonds. The highest BCUT2D eigenvalue weighted by Gasteiger charge is 2.28. The molecule has 5 heteroatoms. The van der Waals surface area contributed by atoms with Gasteiger partial charge >= 0.3 is 0 Å². The molecule has 0 radical (unpaired) electrons. The Morgan fingerprint density at radius 1 is 0.963 bits per heavy atom. The van der Waals surface area contributed by atoms with Crippen molar-refractivity contribution >= 4 is 23.6 Å². The lowest BCUT2D eigenvalue weighted by Gasteiger charge is -2.30. The molecule has 0 aliphatic rings. The fraction of sp³-hybridized carbons (Fsp3) is 0.364. The number of likely N-dealkylation sites (N-methyl/N-ethyl adjacent to an activating group) is 1. The zero-order valence-corrected chi connectivity index (χ0v) is 16.9. The van der Waals surface area contributed by atoms with Crippen LogP contribution in [-0.2, 0) is 21.9 Å². The van der Waals surface area contributed by atoms with Crippen molar-refractivity contribution in [2.75, 3.05) is 12.3 Å². The molecular formula is C22H28N2O2S. The van der Waals surface area contributed by atoms with E-state index in [-0.39, 0.29) is 11.8 Å². The van der Waals surface area contributed by atoms with E-state index >= 15 is 0 Å². The van der Waals surface area contributed by atoms with Crippen LogP contribution in [0.3, 0.4) is 0 Å². The molecular weight excluding hydrogens is 356 g/mol. The van der Waals surface area contributed by atoms with E-state index in [9.17, 15) is 9.59 Å². The van der Waals surface area contributed by atoms with Crippen molar-refractivity contribution in [1.29, 1.82) is 0 Å². The minimum Gasteiger partial charge on any atom is -0.355 e. The summed E-state index contributed by atoms with van der Waals surface area (Å²) in [5.41, 5.74) is 2.22. The molecule has 0 aliphatic heterocycles. The Morgan fingerprint density at radius 2 is 1.56 bits per heavy atom. The maximum atomic E-state index is 13.0. The van der Waals surface area contributed by atoms with Crippen molar-refractivity contribution < 1.29 is 9.59 Å². The van der Waals surface area contributed by atoms with E-state index in [2.05, 4.69) is 17.4 Å². The first kappa shape index (κ1) is 21.0. The molecule has 2 rings (SSSR count). The quantitative estimate of drug-likeness (QED) is 0.677. The van der Waals surface area contributed by atoms with E-state index in [0.29, 0.717) is 25.3 Å². The maximum absolute atomic E-state index is 13.0. The summed E-state index contributed by atoms with van der Waals surface area (Å²) in [6, 6.07) is 19.5. The van der Waals surface area contributed by atoms with E-state index in [4.69, 9.17) is 0 Å². The van der Waals surface area contributed by atoms with Crippen molar-refractivity contribution in [3.63, 3.8) is 0 Å². The molecule has 0 saturated carbocycles. The van der Waals surface area contributed by atoms with Crippen LogP contribution in [0, 0.1) is 0 Å². The van der Waals surface area contributed by atoms with Crippen LogP contribution in [0.15, 0.2) is 60.7 Å². The summed E-state index contributed by atoms with van der Waals surface area (Å²) in [6.45, 7) is 4.85. The first-order valence-electron chi connectivity index (χ1n) is 9.38. The van der Waals surface area contributed by atoms with E-state index in [1.54, 1.807) is 16.7 Å². The second-order valence-corrected chi connectivity index (χ2v) is 7.29. The minimum atomic E-state index is -0.449. The summed E-state index contributed by atoms with van der Waals surface area (Å²) in [6.07, 6.45) is 0.591. The number of thioether (sulfide) groups is 1. The summed E-state index contributed by atoms with van der Waals surface area (Å²) in [7, 11) is 0. The smallest absolute Gasteiger partial charge is 0.242 e. The van der Waals surface area contributed by atoms with Crippen molar-refractivity contribution in [3.05, 3.63) is 71.8 Å². The summed E-state index contributed by atoms with van der Waals surface area (Å²) >= 11 is 1.58. The van der Waals surface area contributed by atoms with Crippen LogP contribution >= 0.6 is 11.8 Å². The normalized spacial score (nSPS) is 11.6. The van der Waals surface area contributed by atoms with Crippen LogP contribution in [-0.4, -0.2) is 35.1 Å². The maximum Gasteiger partial charge on any atom is 0.242 e. The number of amides is 2. The second-order valence-electron chi connectivity index (χ2n) is 6.30. The third-order valence-corrected chi connectivity index (χ3v) is 5.26. The van der Waals surface area contributed by atoms with E-state index < -0.39 is 6.04 Å². The predicted octanol–water partition coefficient (Wildman–Crippen LogP) is 3.86. The standard InChI is InChI=1S/C22H28N2O2S/c1-3-20(22(26)23-4-2)24(15-18-11-7-5-8-12-18)21(25)17-27-16-19-13-9-6-10-14-19/h5-14,20H,3-4,15-17H2,1-2H3,(H,23,26). The topological polar surface area (TPSA) is 49.4 Å². The van der Waals surface area contributed by atoms with Gasteiger partial charge in [-0.1, -0.05) is 67.6 Å².